The van der Waals surface area contributed by atoms with E-state index < -0.39 is 0 Å². The summed E-state index contributed by atoms with van der Waals surface area (Å²) in [4.78, 5) is 2.20. The second kappa shape index (κ2) is 6.93. The van der Waals surface area contributed by atoms with Gasteiger partial charge in [0.15, 0.2) is 0 Å². The fraction of sp³-hybridized carbons (Fsp3) is 0.500. The summed E-state index contributed by atoms with van der Waals surface area (Å²) < 4.78 is 0. The lowest BCUT2D eigenvalue weighted by molar-refractivity contribution is 0.698. The molecule has 0 saturated heterocycles. The van der Waals surface area contributed by atoms with Gasteiger partial charge in [-0.05, 0) is 31.0 Å². The molecule has 0 saturated carbocycles. The molecule has 0 amide bonds. The van der Waals surface area contributed by atoms with Gasteiger partial charge in [0, 0.05) is 24.8 Å². The normalized spacial score (nSPS) is 11.9. The third-order valence-corrected chi connectivity index (χ3v) is 3.00. The molecule has 1 aromatic rings. The summed E-state index contributed by atoms with van der Waals surface area (Å²) in [6.07, 6.45) is 1.51. The van der Waals surface area contributed by atoms with Crippen LogP contribution >= 0.6 is 0 Å². The standard InChI is InChI=1S/C14H21N3/c1-3-14(16)12-6-8-13(9-7-12)17(4-2)11-5-10-15/h6-9,14H,3-5,11,16H2,1-2H3. The van der Waals surface area contributed by atoms with Crippen LogP contribution in [0.5, 0.6) is 0 Å². The van der Waals surface area contributed by atoms with Crippen LogP contribution in [-0.2, 0) is 0 Å². The third-order valence-electron chi connectivity index (χ3n) is 3.00. The number of nitrogens with two attached hydrogens (primary N) is 1. The maximum atomic E-state index is 8.61. The van der Waals surface area contributed by atoms with Crippen molar-refractivity contribution >= 4 is 5.69 Å². The van der Waals surface area contributed by atoms with E-state index in [-0.39, 0.29) is 6.04 Å². The summed E-state index contributed by atoms with van der Waals surface area (Å²) >= 11 is 0. The number of hydrogen-bond donors (Lipinski definition) is 1. The Labute approximate surface area is 104 Å². The second-order valence-electron chi connectivity index (χ2n) is 4.09. The Bertz CT molecular complexity index is 364. The molecule has 0 bridgehead atoms. The second-order valence-corrected chi connectivity index (χ2v) is 4.09. The maximum absolute atomic E-state index is 8.61. The molecule has 1 unspecified atom stereocenters. The van der Waals surface area contributed by atoms with Gasteiger partial charge in [-0.3, -0.25) is 0 Å². The van der Waals surface area contributed by atoms with E-state index in [0.717, 1.165) is 25.2 Å². The van der Waals surface area contributed by atoms with Crippen LogP contribution in [0.25, 0.3) is 0 Å². The highest BCUT2D eigenvalue weighted by Gasteiger charge is 2.06. The average molecular weight is 231 g/mol. The van der Waals surface area contributed by atoms with Gasteiger partial charge in [-0.15, -0.1) is 0 Å². The number of nitrogens with zero attached hydrogens (tertiary/aromatic N) is 2. The van der Waals surface area contributed by atoms with Gasteiger partial charge in [0.05, 0.1) is 12.5 Å². The molecule has 0 spiro atoms. The van der Waals surface area contributed by atoms with Crippen molar-refractivity contribution in [1.29, 1.82) is 5.26 Å². The zero-order valence-electron chi connectivity index (χ0n) is 10.7. The highest BCUT2D eigenvalue weighted by atomic mass is 15.1. The molecular formula is C14H21N3. The monoisotopic (exact) mass is 231 g/mol. The van der Waals surface area contributed by atoms with Crippen LogP contribution in [0.4, 0.5) is 5.69 Å². The molecule has 0 aliphatic rings. The molecule has 17 heavy (non-hydrogen) atoms. The predicted molar refractivity (Wildman–Crippen MR) is 71.8 cm³/mol. The van der Waals surface area contributed by atoms with Crippen molar-refractivity contribution in [3.8, 4) is 6.07 Å². The molecule has 2 N–H and O–H groups in total. The van der Waals surface area contributed by atoms with Gasteiger partial charge in [-0.25, -0.2) is 0 Å². The van der Waals surface area contributed by atoms with Gasteiger partial charge >= 0.3 is 0 Å². The SMILES string of the molecule is CCC(N)c1ccc(N(CC)CCC#N)cc1. The van der Waals surface area contributed by atoms with Crippen molar-refractivity contribution in [2.75, 3.05) is 18.0 Å². The number of benzene rings is 1. The van der Waals surface area contributed by atoms with Crippen molar-refractivity contribution in [2.24, 2.45) is 5.73 Å². The van der Waals surface area contributed by atoms with E-state index in [2.05, 4.69) is 49.1 Å². The summed E-state index contributed by atoms with van der Waals surface area (Å²) in [6.45, 7) is 5.89. The van der Waals surface area contributed by atoms with E-state index in [1.807, 2.05) is 0 Å². The summed E-state index contributed by atoms with van der Waals surface area (Å²) in [5.74, 6) is 0. The van der Waals surface area contributed by atoms with Gasteiger partial charge in [0.2, 0.25) is 0 Å². The molecule has 0 aliphatic heterocycles. The van der Waals surface area contributed by atoms with Crippen molar-refractivity contribution in [3.63, 3.8) is 0 Å². The highest BCUT2D eigenvalue weighted by Crippen LogP contribution is 2.19. The Morgan fingerprint density at radius 3 is 2.41 bits per heavy atom. The lowest BCUT2D eigenvalue weighted by Gasteiger charge is -2.22. The fourth-order valence-corrected chi connectivity index (χ4v) is 1.82. The lowest BCUT2D eigenvalue weighted by atomic mass is 10.1. The van der Waals surface area contributed by atoms with E-state index in [1.165, 1.54) is 5.56 Å². The van der Waals surface area contributed by atoms with Crippen LogP contribution in [-0.4, -0.2) is 13.1 Å². The Kier molecular flexibility index (Phi) is 5.51. The van der Waals surface area contributed by atoms with Gasteiger partial charge in [-0.2, -0.15) is 5.26 Å². The zero-order valence-corrected chi connectivity index (χ0v) is 10.7. The van der Waals surface area contributed by atoms with Crippen molar-refractivity contribution in [2.45, 2.75) is 32.7 Å². The van der Waals surface area contributed by atoms with E-state index in [4.69, 9.17) is 11.0 Å². The highest BCUT2D eigenvalue weighted by molar-refractivity contribution is 5.48. The molecule has 3 heteroatoms. The maximum Gasteiger partial charge on any atom is 0.0640 e. The Hall–Kier alpha value is -1.53. The van der Waals surface area contributed by atoms with E-state index >= 15 is 0 Å². The summed E-state index contributed by atoms with van der Waals surface area (Å²) in [6, 6.07) is 10.6. The average Bonchev–Trinajstić information content (AvgIpc) is 2.39. The molecule has 0 aliphatic carbocycles. The van der Waals surface area contributed by atoms with Crippen LogP contribution in [0.3, 0.4) is 0 Å². The van der Waals surface area contributed by atoms with Gasteiger partial charge in [0.1, 0.15) is 0 Å². The zero-order chi connectivity index (χ0) is 12.7. The largest absolute Gasteiger partial charge is 0.371 e. The van der Waals surface area contributed by atoms with Gasteiger partial charge < -0.3 is 10.6 Å². The topological polar surface area (TPSA) is 53.0 Å². The molecule has 0 heterocycles. The first-order chi connectivity index (χ1) is 8.22. The molecule has 1 aromatic carbocycles. The minimum atomic E-state index is 0.123. The lowest BCUT2D eigenvalue weighted by Crippen LogP contribution is -2.23. The number of rotatable bonds is 6. The fourth-order valence-electron chi connectivity index (χ4n) is 1.82. The first-order valence-corrected chi connectivity index (χ1v) is 6.20. The molecule has 1 rings (SSSR count). The Balaban J connectivity index is 2.74. The predicted octanol–water partition coefficient (Wildman–Crippen LogP) is 2.84. The van der Waals surface area contributed by atoms with Crippen LogP contribution < -0.4 is 10.6 Å². The molecule has 0 radical (unpaired) electrons. The van der Waals surface area contributed by atoms with E-state index in [9.17, 15) is 0 Å². The van der Waals surface area contributed by atoms with Crippen LogP contribution in [0.2, 0.25) is 0 Å². The minimum Gasteiger partial charge on any atom is -0.371 e. The van der Waals surface area contributed by atoms with E-state index in [1.54, 1.807) is 0 Å². The third kappa shape index (κ3) is 3.76. The molecule has 0 fully saturated rings. The van der Waals surface area contributed by atoms with Crippen molar-refractivity contribution in [1.82, 2.24) is 0 Å². The number of nitriles is 1. The summed E-state index contributed by atoms with van der Waals surface area (Å²) in [5, 5.41) is 8.61. The first-order valence-electron chi connectivity index (χ1n) is 6.20. The van der Waals surface area contributed by atoms with Gasteiger partial charge in [0.25, 0.3) is 0 Å². The minimum absolute atomic E-state index is 0.123. The molecule has 0 aromatic heterocycles. The number of hydrogen-bond acceptors (Lipinski definition) is 3. The van der Waals surface area contributed by atoms with Crippen LogP contribution in [0.15, 0.2) is 24.3 Å². The molecule has 92 valence electrons. The summed E-state index contributed by atoms with van der Waals surface area (Å²) in [7, 11) is 0. The summed E-state index contributed by atoms with van der Waals surface area (Å²) in [5.41, 5.74) is 8.31. The van der Waals surface area contributed by atoms with Crippen molar-refractivity contribution < 1.29 is 0 Å². The first kappa shape index (κ1) is 13.5. The molecule has 3 nitrogen and oxygen atoms in total. The molecule has 1 atom stereocenters. The van der Waals surface area contributed by atoms with Crippen molar-refractivity contribution in [3.05, 3.63) is 29.8 Å². The quantitative estimate of drug-likeness (QED) is 0.819. The molecular weight excluding hydrogens is 210 g/mol. The van der Waals surface area contributed by atoms with Gasteiger partial charge in [-0.1, -0.05) is 19.1 Å². The van der Waals surface area contributed by atoms with Crippen LogP contribution in [0.1, 0.15) is 38.3 Å². The smallest absolute Gasteiger partial charge is 0.0640 e. The Morgan fingerprint density at radius 1 is 1.29 bits per heavy atom. The van der Waals surface area contributed by atoms with E-state index in [0.29, 0.717) is 6.42 Å². The Morgan fingerprint density at radius 2 is 1.94 bits per heavy atom. The van der Waals surface area contributed by atoms with Crippen LogP contribution in [0, 0.1) is 11.3 Å². The number of anilines is 1.